The Morgan fingerprint density at radius 2 is 2.04 bits per heavy atom. The summed E-state index contributed by atoms with van der Waals surface area (Å²) in [6.07, 6.45) is -1.69. The molecule has 3 saturated heterocycles. The molecule has 26 heavy (non-hydrogen) atoms. The van der Waals surface area contributed by atoms with E-state index in [0.717, 1.165) is 0 Å². The summed E-state index contributed by atoms with van der Waals surface area (Å²) in [7, 11) is 0. The highest BCUT2D eigenvalue weighted by atomic mass is 16.7. The van der Waals surface area contributed by atoms with Crippen molar-refractivity contribution < 1.29 is 34.0 Å². The molecular formula is C19H28O7. The zero-order valence-electron chi connectivity index (χ0n) is 15.7. The molecule has 0 radical (unpaired) electrons. The molecule has 0 aromatic carbocycles. The molecule has 0 aromatic heterocycles. The molecule has 0 amide bonds. The topological polar surface area (TPSA) is 102 Å². The molecular weight excluding hydrogens is 340 g/mol. The first kappa shape index (κ1) is 19.3. The average Bonchev–Trinajstić information content (AvgIpc) is 2.93. The predicted molar refractivity (Wildman–Crippen MR) is 90.7 cm³/mol. The molecule has 0 aliphatic carbocycles. The van der Waals surface area contributed by atoms with E-state index in [9.17, 15) is 19.8 Å². The van der Waals surface area contributed by atoms with Crippen molar-refractivity contribution in [3.63, 3.8) is 0 Å². The molecule has 3 aliphatic rings. The average molecular weight is 368 g/mol. The van der Waals surface area contributed by atoms with E-state index in [2.05, 4.69) is 6.58 Å². The van der Waals surface area contributed by atoms with Crippen LogP contribution in [0.25, 0.3) is 0 Å². The number of rotatable bonds is 2. The second-order valence-electron chi connectivity index (χ2n) is 8.45. The lowest BCUT2D eigenvalue weighted by Gasteiger charge is -2.34. The Hall–Kier alpha value is -1.44. The summed E-state index contributed by atoms with van der Waals surface area (Å²) in [5, 5.41) is 21.5. The van der Waals surface area contributed by atoms with Crippen LogP contribution in [0.4, 0.5) is 0 Å². The number of fused-ring (bicyclic) bond motifs is 3. The highest BCUT2D eigenvalue weighted by Gasteiger charge is 2.60. The maximum absolute atomic E-state index is 12.3. The minimum Gasteiger partial charge on any atom is -0.461 e. The number of aliphatic hydroxyl groups is 2. The third-order valence-corrected chi connectivity index (χ3v) is 6.03. The standard InChI is InChI=1S/C19H28O7/c1-9(2)16(21)25-13-7-18(5)14(20)8-19(23,26-18)10(3)6-12-15(13)11(4)17(22)24-12/h9-10,12-15,20,23H,4,6-8H2,1-3,5H3/t10-,12+,13+,14+,15+,18+,19+/m0/s1. The van der Waals surface area contributed by atoms with E-state index in [0.29, 0.717) is 6.42 Å². The molecule has 0 unspecified atom stereocenters. The summed E-state index contributed by atoms with van der Waals surface area (Å²) in [6, 6.07) is 0. The minimum atomic E-state index is -1.52. The van der Waals surface area contributed by atoms with E-state index in [1.807, 2.05) is 0 Å². The van der Waals surface area contributed by atoms with Crippen LogP contribution in [0.1, 0.15) is 47.0 Å². The van der Waals surface area contributed by atoms with Crippen LogP contribution < -0.4 is 0 Å². The van der Waals surface area contributed by atoms with Crippen molar-refractivity contribution in [1.82, 2.24) is 0 Å². The lowest BCUT2D eigenvalue weighted by Crippen LogP contribution is -2.44. The number of esters is 2. The lowest BCUT2D eigenvalue weighted by atomic mass is 9.78. The number of carbonyl (C=O) groups excluding carboxylic acids is 2. The predicted octanol–water partition coefficient (Wildman–Crippen LogP) is 1.31. The zero-order chi connectivity index (χ0) is 19.4. The molecule has 2 N–H and O–H groups in total. The van der Waals surface area contributed by atoms with Crippen LogP contribution in [-0.2, 0) is 23.8 Å². The van der Waals surface area contributed by atoms with Gasteiger partial charge < -0.3 is 24.4 Å². The second kappa shape index (κ2) is 6.32. The Morgan fingerprint density at radius 3 is 2.65 bits per heavy atom. The first-order valence-corrected chi connectivity index (χ1v) is 9.18. The Morgan fingerprint density at radius 1 is 1.38 bits per heavy atom. The molecule has 7 heteroatoms. The van der Waals surface area contributed by atoms with Gasteiger partial charge in [-0.1, -0.05) is 27.4 Å². The minimum absolute atomic E-state index is 0.0573. The van der Waals surface area contributed by atoms with Crippen molar-refractivity contribution in [1.29, 1.82) is 0 Å². The SMILES string of the molecule is C=C1C(=O)O[C@@H]2C[C@H](C)[C@@]3(O)C[C@@H](O)[C@@](C)(C[C@@H](OC(=O)C(C)C)[C@H]12)O3. The Balaban J connectivity index is 2.01. The summed E-state index contributed by atoms with van der Waals surface area (Å²) in [4.78, 5) is 24.4. The van der Waals surface area contributed by atoms with Gasteiger partial charge in [0.05, 0.1) is 23.5 Å². The van der Waals surface area contributed by atoms with Crippen LogP contribution in [-0.4, -0.2) is 51.9 Å². The van der Waals surface area contributed by atoms with Gasteiger partial charge in [0, 0.05) is 24.3 Å². The van der Waals surface area contributed by atoms with E-state index in [-0.39, 0.29) is 30.3 Å². The molecule has 7 nitrogen and oxygen atoms in total. The first-order chi connectivity index (χ1) is 12.0. The van der Waals surface area contributed by atoms with E-state index in [4.69, 9.17) is 14.2 Å². The first-order valence-electron chi connectivity index (χ1n) is 9.18. The quantitative estimate of drug-likeness (QED) is 0.560. The summed E-state index contributed by atoms with van der Waals surface area (Å²) in [6.45, 7) is 10.8. The van der Waals surface area contributed by atoms with Gasteiger partial charge in [-0.2, -0.15) is 0 Å². The number of carbonyl (C=O) groups is 2. The molecule has 0 saturated carbocycles. The highest BCUT2D eigenvalue weighted by Crippen LogP contribution is 2.49. The molecule has 3 rings (SSSR count). The Labute approximate surface area is 153 Å². The lowest BCUT2D eigenvalue weighted by molar-refractivity contribution is -0.253. The molecule has 3 aliphatic heterocycles. The third kappa shape index (κ3) is 3.06. The normalized spacial score (nSPS) is 45.6. The summed E-state index contributed by atoms with van der Waals surface area (Å²) in [5.41, 5.74) is -0.849. The van der Waals surface area contributed by atoms with E-state index in [1.165, 1.54) is 0 Å². The van der Waals surface area contributed by atoms with E-state index < -0.39 is 47.6 Å². The smallest absolute Gasteiger partial charge is 0.334 e. The maximum Gasteiger partial charge on any atom is 0.334 e. The number of hydrogen-bond donors (Lipinski definition) is 2. The van der Waals surface area contributed by atoms with Gasteiger partial charge in [-0.3, -0.25) is 4.79 Å². The van der Waals surface area contributed by atoms with Crippen LogP contribution in [0.15, 0.2) is 12.2 Å². The number of hydrogen-bond acceptors (Lipinski definition) is 7. The zero-order valence-corrected chi connectivity index (χ0v) is 15.7. The molecule has 2 bridgehead atoms. The van der Waals surface area contributed by atoms with Gasteiger partial charge in [-0.25, -0.2) is 4.79 Å². The summed E-state index contributed by atoms with van der Waals surface area (Å²) >= 11 is 0. The van der Waals surface area contributed by atoms with Crippen LogP contribution in [0.2, 0.25) is 0 Å². The van der Waals surface area contributed by atoms with Crippen LogP contribution >= 0.6 is 0 Å². The van der Waals surface area contributed by atoms with Crippen molar-refractivity contribution in [2.45, 2.75) is 76.7 Å². The fourth-order valence-corrected chi connectivity index (χ4v) is 4.25. The monoisotopic (exact) mass is 368 g/mol. The molecule has 3 fully saturated rings. The molecule has 146 valence electrons. The maximum atomic E-state index is 12.3. The summed E-state index contributed by atoms with van der Waals surface area (Å²) < 4.78 is 17.1. The van der Waals surface area contributed by atoms with Gasteiger partial charge in [0.25, 0.3) is 0 Å². The van der Waals surface area contributed by atoms with Gasteiger partial charge >= 0.3 is 11.9 Å². The molecule has 0 spiro atoms. The van der Waals surface area contributed by atoms with Crippen molar-refractivity contribution in [2.75, 3.05) is 0 Å². The van der Waals surface area contributed by atoms with Crippen LogP contribution in [0.3, 0.4) is 0 Å². The van der Waals surface area contributed by atoms with Gasteiger partial charge in [0.1, 0.15) is 12.2 Å². The summed E-state index contributed by atoms with van der Waals surface area (Å²) in [5.74, 6) is -3.69. The fraction of sp³-hybridized carbons (Fsp3) is 0.789. The van der Waals surface area contributed by atoms with Gasteiger partial charge in [-0.15, -0.1) is 0 Å². The fourth-order valence-electron chi connectivity index (χ4n) is 4.25. The Bertz CT molecular complexity index is 629. The largest absolute Gasteiger partial charge is 0.461 e. The third-order valence-electron chi connectivity index (χ3n) is 6.03. The van der Waals surface area contributed by atoms with Gasteiger partial charge in [0.15, 0.2) is 5.79 Å². The highest BCUT2D eigenvalue weighted by molar-refractivity contribution is 5.91. The van der Waals surface area contributed by atoms with Gasteiger partial charge in [0.2, 0.25) is 0 Å². The van der Waals surface area contributed by atoms with Crippen molar-refractivity contribution in [3.8, 4) is 0 Å². The van der Waals surface area contributed by atoms with Crippen molar-refractivity contribution in [3.05, 3.63) is 12.2 Å². The van der Waals surface area contributed by atoms with E-state index in [1.54, 1.807) is 27.7 Å². The van der Waals surface area contributed by atoms with Crippen LogP contribution in [0.5, 0.6) is 0 Å². The Kier molecular flexibility index (Phi) is 4.70. The molecule has 3 heterocycles. The van der Waals surface area contributed by atoms with Crippen molar-refractivity contribution >= 4 is 11.9 Å². The number of ether oxygens (including phenoxy) is 3. The van der Waals surface area contributed by atoms with Crippen LogP contribution in [0, 0.1) is 17.8 Å². The molecule has 0 aromatic rings. The van der Waals surface area contributed by atoms with E-state index >= 15 is 0 Å². The van der Waals surface area contributed by atoms with Crippen molar-refractivity contribution in [2.24, 2.45) is 17.8 Å². The molecule has 7 atom stereocenters. The number of aliphatic hydroxyl groups excluding tert-OH is 1. The van der Waals surface area contributed by atoms with Gasteiger partial charge in [-0.05, 0) is 13.3 Å². The second-order valence-corrected chi connectivity index (χ2v) is 8.45.